The van der Waals surface area contributed by atoms with E-state index in [1.807, 2.05) is 0 Å². The van der Waals surface area contributed by atoms with Crippen LogP contribution >= 0.6 is 0 Å². The van der Waals surface area contributed by atoms with Crippen molar-refractivity contribution >= 4 is 0 Å². The van der Waals surface area contributed by atoms with Crippen molar-refractivity contribution in [2.75, 3.05) is 20.1 Å². The molecule has 0 radical (unpaired) electrons. The Hall–Kier alpha value is -0.0800. The molecule has 1 fully saturated rings. The van der Waals surface area contributed by atoms with Gasteiger partial charge in [0.05, 0.1) is 0 Å². The molecule has 0 aliphatic heterocycles. The molecule has 1 rings (SSSR count). The van der Waals surface area contributed by atoms with Gasteiger partial charge in [0.15, 0.2) is 0 Å². The molecule has 2 nitrogen and oxygen atoms in total. The molecular formula is C12H26N2. The van der Waals surface area contributed by atoms with Gasteiger partial charge in [-0.3, -0.25) is 0 Å². The molecule has 2 N–H and O–H groups in total. The summed E-state index contributed by atoms with van der Waals surface area (Å²) in [5.74, 6) is 0.965. The van der Waals surface area contributed by atoms with Crippen LogP contribution < -0.4 is 5.73 Å². The fourth-order valence-electron chi connectivity index (χ4n) is 2.68. The quantitative estimate of drug-likeness (QED) is 0.709. The SMILES string of the molecule is CCC(CCN)N(C)CC1CCCC1. The molecule has 1 aliphatic carbocycles. The van der Waals surface area contributed by atoms with Crippen molar-refractivity contribution in [3.8, 4) is 0 Å². The van der Waals surface area contributed by atoms with Crippen LogP contribution in [0.25, 0.3) is 0 Å². The second kappa shape index (κ2) is 6.41. The van der Waals surface area contributed by atoms with E-state index >= 15 is 0 Å². The molecule has 0 amide bonds. The molecule has 0 spiro atoms. The van der Waals surface area contributed by atoms with Crippen LogP contribution in [-0.4, -0.2) is 31.1 Å². The summed E-state index contributed by atoms with van der Waals surface area (Å²) in [4.78, 5) is 2.53. The van der Waals surface area contributed by atoms with E-state index in [4.69, 9.17) is 5.73 Å². The molecule has 0 bridgehead atoms. The second-order valence-electron chi connectivity index (χ2n) is 4.73. The molecular weight excluding hydrogens is 172 g/mol. The van der Waals surface area contributed by atoms with E-state index in [1.54, 1.807) is 0 Å². The Balaban J connectivity index is 2.26. The number of hydrogen-bond acceptors (Lipinski definition) is 2. The maximum Gasteiger partial charge on any atom is 0.0102 e. The number of rotatable bonds is 6. The molecule has 84 valence electrons. The van der Waals surface area contributed by atoms with E-state index in [-0.39, 0.29) is 0 Å². The van der Waals surface area contributed by atoms with Gasteiger partial charge in [-0.25, -0.2) is 0 Å². The highest BCUT2D eigenvalue weighted by Crippen LogP contribution is 2.26. The molecule has 1 atom stereocenters. The van der Waals surface area contributed by atoms with Crippen LogP contribution in [0.2, 0.25) is 0 Å². The predicted octanol–water partition coefficient (Wildman–Crippen LogP) is 2.24. The molecule has 0 saturated heterocycles. The summed E-state index contributed by atoms with van der Waals surface area (Å²) in [6, 6.07) is 0.709. The molecule has 0 aromatic rings. The smallest absolute Gasteiger partial charge is 0.0102 e. The highest BCUT2D eigenvalue weighted by Gasteiger charge is 2.19. The molecule has 1 aliphatic rings. The van der Waals surface area contributed by atoms with Gasteiger partial charge in [0.25, 0.3) is 0 Å². The van der Waals surface area contributed by atoms with Gasteiger partial charge in [0.2, 0.25) is 0 Å². The lowest BCUT2D eigenvalue weighted by Crippen LogP contribution is -2.36. The van der Waals surface area contributed by atoms with Crippen LogP contribution in [0.4, 0.5) is 0 Å². The van der Waals surface area contributed by atoms with Gasteiger partial charge in [-0.1, -0.05) is 19.8 Å². The first-order chi connectivity index (χ1) is 6.77. The van der Waals surface area contributed by atoms with Gasteiger partial charge < -0.3 is 10.6 Å². The van der Waals surface area contributed by atoms with Gasteiger partial charge in [-0.15, -0.1) is 0 Å². The fraction of sp³-hybridized carbons (Fsp3) is 1.00. The third kappa shape index (κ3) is 3.58. The molecule has 1 unspecified atom stereocenters. The van der Waals surface area contributed by atoms with Crippen LogP contribution in [0.15, 0.2) is 0 Å². The van der Waals surface area contributed by atoms with E-state index in [9.17, 15) is 0 Å². The standard InChI is InChI=1S/C12H26N2/c1-3-12(8-9-13)14(2)10-11-6-4-5-7-11/h11-12H,3-10,13H2,1-2H3. The van der Waals surface area contributed by atoms with Crippen molar-refractivity contribution in [3.63, 3.8) is 0 Å². The fourth-order valence-corrected chi connectivity index (χ4v) is 2.68. The number of nitrogens with zero attached hydrogens (tertiary/aromatic N) is 1. The Labute approximate surface area is 88.8 Å². The lowest BCUT2D eigenvalue weighted by molar-refractivity contribution is 0.194. The van der Waals surface area contributed by atoms with E-state index in [0.29, 0.717) is 6.04 Å². The predicted molar refractivity (Wildman–Crippen MR) is 62.3 cm³/mol. The normalized spacial score (nSPS) is 20.6. The summed E-state index contributed by atoms with van der Waals surface area (Å²) in [6.45, 7) is 4.39. The molecule has 0 aromatic heterocycles. The lowest BCUT2D eigenvalue weighted by atomic mass is 10.0. The Bertz CT molecular complexity index is 141. The van der Waals surface area contributed by atoms with Gasteiger partial charge in [0, 0.05) is 12.6 Å². The third-order valence-electron chi connectivity index (χ3n) is 3.62. The zero-order valence-electron chi connectivity index (χ0n) is 9.84. The Kier molecular flexibility index (Phi) is 5.49. The van der Waals surface area contributed by atoms with Crippen LogP contribution in [0.5, 0.6) is 0 Å². The van der Waals surface area contributed by atoms with E-state index in [2.05, 4.69) is 18.9 Å². The van der Waals surface area contributed by atoms with E-state index < -0.39 is 0 Å². The monoisotopic (exact) mass is 198 g/mol. The van der Waals surface area contributed by atoms with Crippen molar-refractivity contribution in [2.45, 2.75) is 51.5 Å². The van der Waals surface area contributed by atoms with Crippen LogP contribution in [-0.2, 0) is 0 Å². The number of nitrogens with two attached hydrogens (primary N) is 1. The van der Waals surface area contributed by atoms with Crippen molar-refractivity contribution in [1.29, 1.82) is 0 Å². The lowest BCUT2D eigenvalue weighted by Gasteiger charge is -2.29. The summed E-state index contributed by atoms with van der Waals surface area (Å²) in [5.41, 5.74) is 5.62. The first kappa shape index (κ1) is 12.0. The minimum atomic E-state index is 0.709. The average Bonchev–Trinajstić information content (AvgIpc) is 2.66. The van der Waals surface area contributed by atoms with Gasteiger partial charge in [0.1, 0.15) is 0 Å². The summed E-state index contributed by atoms with van der Waals surface area (Å²) < 4.78 is 0. The minimum Gasteiger partial charge on any atom is -0.330 e. The summed E-state index contributed by atoms with van der Waals surface area (Å²) in [7, 11) is 2.27. The summed E-state index contributed by atoms with van der Waals surface area (Å²) in [6.07, 6.45) is 8.19. The molecule has 0 heterocycles. The van der Waals surface area contributed by atoms with Crippen molar-refractivity contribution in [1.82, 2.24) is 4.90 Å². The first-order valence-electron chi connectivity index (χ1n) is 6.18. The maximum atomic E-state index is 5.62. The zero-order valence-corrected chi connectivity index (χ0v) is 9.84. The van der Waals surface area contributed by atoms with E-state index in [0.717, 1.165) is 18.9 Å². The largest absolute Gasteiger partial charge is 0.330 e. The zero-order chi connectivity index (χ0) is 10.4. The van der Waals surface area contributed by atoms with Crippen molar-refractivity contribution < 1.29 is 0 Å². The average molecular weight is 198 g/mol. The summed E-state index contributed by atoms with van der Waals surface area (Å²) in [5, 5.41) is 0. The molecule has 2 heteroatoms. The van der Waals surface area contributed by atoms with Crippen LogP contribution in [0.3, 0.4) is 0 Å². The van der Waals surface area contributed by atoms with Crippen molar-refractivity contribution in [2.24, 2.45) is 11.7 Å². The van der Waals surface area contributed by atoms with Crippen molar-refractivity contribution in [3.05, 3.63) is 0 Å². The van der Waals surface area contributed by atoms with Gasteiger partial charge in [-0.05, 0) is 45.2 Å². The first-order valence-corrected chi connectivity index (χ1v) is 6.18. The summed E-state index contributed by atoms with van der Waals surface area (Å²) >= 11 is 0. The minimum absolute atomic E-state index is 0.709. The number of hydrogen-bond donors (Lipinski definition) is 1. The molecule has 1 saturated carbocycles. The van der Waals surface area contributed by atoms with Crippen LogP contribution in [0, 0.1) is 5.92 Å². The maximum absolute atomic E-state index is 5.62. The third-order valence-corrected chi connectivity index (χ3v) is 3.62. The van der Waals surface area contributed by atoms with E-state index in [1.165, 1.54) is 38.6 Å². The Morgan fingerprint density at radius 1 is 1.36 bits per heavy atom. The molecule has 14 heavy (non-hydrogen) atoms. The topological polar surface area (TPSA) is 29.3 Å². The molecule has 0 aromatic carbocycles. The highest BCUT2D eigenvalue weighted by molar-refractivity contribution is 4.74. The Morgan fingerprint density at radius 2 is 2.00 bits per heavy atom. The van der Waals surface area contributed by atoms with Gasteiger partial charge in [-0.2, -0.15) is 0 Å². The Morgan fingerprint density at radius 3 is 2.50 bits per heavy atom. The van der Waals surface area contributed by atoms with Gasteiger partial charge >= 0.3 is 0 Å². The second-order valence-corrected chi connectivity index (χ2v) is 4.73. The van der Waals surface area contributed by atoms with Crippen LogP contribution in [0.1, 0.15) is 45.4 Å². The highest BCUT2D eigenvalue weighted by atomic mass is 15.1.